The van der Waals surface area contributed by atoms with E-state index in [0.29, 0.717) is 5.56 Å². The van der Waals surface area contributed by atoms with Crippen molar-refractivity contribution in [2.75, 3.05) is 29.0 Å². The zero-order chi connectivity index (χ0) is 18.7. The Morgan fingerprint density at radius 2 is 1.70 bits per heavy atom. The fourth-order valence-electron chi connectivity index (χ4n) is 2.48. The van der Waals surface area contributed by atoms with E-state index in [2.05, 4.69) is 21.3 Å². The zero-order valence-corrected chi connectivity index (χ0v) is 14.2. The molecule has 1 aliphatic rings. The van der Waals surface area contributed by atoms with Crippen LogP contribution in [-0.4, -0.2) is 65.7 Å². The number of carbonyl (C=O) groups is 3. The predicted octanol–water partition coefficient (Wildman–Crippen LogP) is 2.19. The Labute approximate surface area is 182 Å². The Bertz CT molecular complexity index is 906. The van der Waals surface area contributed by atoms with Gasteiger partial charge in [-0.3, -0.25) is 10.1 Å². The van der Waals surface area contributed by atoms with Gasteiger partial charge in [0.15, 0.2) is 0 Å². The van der Waals surface area contributed by atoms with E-state index in [4.69, 9.17) is 16.7 Å². The molecular weight excluding hydrogens is 383 g/mol. The van der Waals surface area contributed by atoms with E-state index in [1.54, 1.807) is 18.2 Å². The summed E-state index contributed by atoms with van der Waals surface area (Å²) in [6, 6.07) is 8.23. The zero-order valence-electron chi connectivity index (χ0n) is 13.4. The minimum atomic E-state index is -1.22. The fraction of sp³-hybridized carbons (Fsp3) is 0.118. The summed E-state index contributed by atoms with van der Waals surface area (Å²) in [6.45, 7) is 1.53. The van der Waals surface area contributed by atoms with Gasteiger partial charge in [0.1, 0.15) is 0 Å². The van der Waals surface area contributed by atoms with E-state index < -0.39 is 17.9 Å². The van der Waals surface area contributed by atoms with Crippen molar-refractivity contribution in [3.05, 3.63) is 52.5 Å². The van der Waals surface area contributed by atoms with Crippen LogP contribution < -0.4 is 21.3 Å². The maximum atomic E-state index is 12.2. The van der Waals surface area contributed by atoms with Crippen molar-refractivity contribution in [3.63, 3.8) is 0 Å². The van der Waals surface area contributed by atoms with Gasteiger partial charge in [0.05, 0.1) is 22.0 Å². The summed E-state index contributed by atoms with van der Waals surface area (Å²) in [7, 11) is 0. The van der Waals surface area contributed by atoms with E-state index in [-0.39, 0.29) is 45.8 Å². The van der Waals surface area contributed by atoms with Crippen molar-refractivity contribution in [2.45, 2.75) is 0 Å². The number of amides is 3. The van der Waals surface area contributed by atoms with E-state index in [0.717, 1.165) is 24.5 Å². The molecule has 0 aliphatic carbocycles. The second-order valence-electron chi connectivity index (χ2n) is 5.52. The number of carboxylic acids is 1. The average molecular weight is 399 g/mol. The number of urea groups is 1. The molecule has 5 N–H and O–H groups in total. The van der Waals surface area contributed by atoms with Gasteiger partial charge in [-0.05, 0) is 36.4 Å². The summed E-state index contributed by atoms with van der Waals surface area (Å²) in [6.07, 6.45) is 0. The van der Waals surface area contributed by atoms with Crippen molar-refractivity contribution in [3.8, 4) is 0 Å². The summed E-state index contributed by atoms with van der Waals surface area (Å²) < 4.78 is 0. The summed E-state index contributed by atoms with van der Waals surface area (Å²) in [4.78, 5) is 35.3. The van der Waals surface area contributed by atoms with Crippen LogP contribution in [0.2, 0.25) is 5.02 Å². The Morgan fingerprint density at radius 1 is 1.00 bits per heavy atom. The number of anilines is 3. The van der Waals surface area contributed by atoms with Crippen LogP contribution in [-0.2, 0) is 0 Å². The molecule has 0 fully saturated rings. The molecule has 0 spiro atoms. The molecule has 0 bridgehead atoms. The normalized spacial score (nSPS) is 11.7. The van der Waals surface area contributed by atoms with Crippen LogP contribution in [0.3, 0.4) is 0 Å². The van der Waals surface area contributed by atoms with Crippen molar-refractivity contribution in [2.24, 2.45) is 0 Å². The number of fused-ring (bicyclic) bond motifs is 1. The number of imide groups is 1. The Kier molecular flexibility index (Phi) is 7.09. The molecule has 2 aromatic carbocycles. The molecule has 3 rings (SSSR count). The van der Waals surface area contributed by atoms with Crippen LogP contribution in [0.4, 0.5) is 21.9 Å². The first kappa shape index (κ1) is 21.0. The molecule has 27 heavy (non-hydrogen) atoms. The van der Waals surface area contributed by atoms with Crippen molar-refractivity contribution in [1.29, 1.82) is 0 Å². The van der Waals surface area contributed by atoms with Crippen LogP contribution in [0.5, 0.6) is 0 Å². The van der Waals surface area contributed by atoms with E-state index >= 15 is 0 Å². The molecule has 0 atom stereocenters. The number of carbonyl (C=O) groups excluding carboxylic acids is 2. The number of nitrogens with one attached hydrogen (secondary N) is 4. The van der Waals surface area contributed by atoms with Crippen LogP contribution >= 0.6 is 11.6 Å². The molecule has 0 unspecified atom stereocenters. The van der Waals surface area contributed by atoms with Gasteiger partial charge in [0.2, 0.25) is 0 Å². The van der Waals surface area contributed by atoms with Gasteiger partial charge >= 0.3 is 41.6 Å². The van der Waals surface area contributed by atoms with Gasteiger partial charge in [-0.15, -0.1) is 0 Å². The quantitative estimate of drug-likeness (QED) is 0.506. The number of aromatic carboxylic acids is 1. The van der Waals surface area contributed by atoms with Crippen molar-refractivity contribution < 1.29 is 19.5 Å². The minimum absolute atomic E-state index is 0. The monoisotopic (exact) mass is 398 g/mol. The molecule has 2 aromatic rings. The molecule has 8 nitrogen and oxygen atoms in total. The van der Waals surface area contributed by atoms with E-state index in [1.807, 2.05) is 0 Å². The molecule has 0 aromatic heterocycles. The second kappa shape index (κ2) is 9.09. The Morgan fingerprint density at radius 3 is 2.41 bits per heavy atom. The Balaban J connectivity index is 0.00000261. The molecule has 1 aliphatic heterocycles. The average Bonchev–Trinajstić information content (AvgIpc) is 2.62. The van der Waals surface area contributed by atoms with Gasteiger partial charge in [-0.1, -0.05) is 11.6 Å². The van der Waals surface area contributed by atoms with E-state index in [1.165, 1.54) is 18.2 Å². The first-order valence-electron chi connectivity index (χ1n) is 7.71. The third kappa shape index (κ3) is 5.14. The molecule has 1 heterocycles. The van der Waals surface area contributed by atoms with Crippen molar-refractivity contribution in [1.82, 2.24) is 5.32 Å². The first-order valence-corrected chi connectivity index (χ1v) is 8.09. The standard InChI is InChI=1S/C17H15ClN4O4.Na.H/c18-12-3-2-10(8-11(12)16(24)25)21-17(26)22-15(23)9-1-4-13-14(7-9)20-6-5-19-13;;/h1-4,7-8,19-20H,5-6H2,(H,24,25)(H2,21,22,23,26);;. The van der Waals surface area contributed by atoms with Crippen molar-refractivity contribution >= 4 is 76.1 Å². The maximum absolute atomic E-state index is 12.2. The number of rotatable bonds is 3. The number of hydrogen-bond donors (Lipinski definition) is 5. The molecule has 0 radical (unpaired) electrons. The fourth-order valence-corrected chi connectivity index (χ4v) is 2.68. The molecule has 3 amide bonds. The van der Waals surface area contributed by atoms with Gasteiger partial charge in [0, 0.05) is 24.3 Å². The first-order chi connectivity index (χ1) is 12.4. The summed E-state index contributed by atoms with van der Waals surface area (Å²) in [5.41, 5.74) is 2.04. The van der Waals surface area contributed by atoms with Crippen LogP contribution in [0, 0.1) is 0 Å². The summed E-state index contributed by atoms with van der Waals surface area (Å²) in [5.74, 6) is -1.80. The van der Waals surface area contributed by atoms with E-state index in [9.17, 15) is 14.4 Å². The molecular formula is C17H16ClN4NaO4. The molecule has 136 valence electrons. The topological polar surface area (TPSA) is 120 Å². The van der Waals surface area contributed by atoms with Gasteiger partial charge in [0.25, 0.3) is 5.91 Å². The molecule has 10 heteroatoms. The summed E-state index contributed by atoms with van der Waals surface area (Å²) >= 11 is 5.78. The number of hydrogen-bond acceptors (Lipinski definition) is 5. The van der Waals surface area contributed by atoms with Gasteiger partial charge in [-0.2, -0.15) is 0 Å². The number of benzene rings is 2. The third-order valence-electron chi connectivity index (χ3n) is 3.72. The Hall–Kier alpha value is -2.26. The SMILES string of the molecule is O=C(NC(=O)c1ccc2c(c1)NCCN2)Nc1ccc(Cl)c(C(=O)O)c1.[NaH]. The van der Waals surface area contributed by atoms with Gasteiger partial charge < -0.3 is 21.1 Å². The van der Waals surface area contributed by atoms with Crippen LogP contribution in [0.15, 0.2) is 36.4 Å². The van der Waals surface area contributed by atoms with Crippen LogP contribution in [0.25, 0.3) is 0 Å². The third-order valence-corrected chi connectivity index (χ3v) is 4.05. The number of halogens is 1. The molecule has 0 saturated heterocycles. The molecule has 0 saturated carbocycles. The summed E-state index contributed by atoms with van der Waals surface area (Å²) in [5, 5.41) is 20.0. The predicted molar refractivity (Wildman–Crippen MR) is 105 cm³/mol. The number of carboxylic acid groups (broad SMARTS) is 1. The van der Waals surface area contributed by atoms with Gasteiger partial charge in [-0.25, -0.2) is 9.59 Å². The van der Waals surface area contributed by atoms with Crippen LogP contribution in [0.1, 0.15) is 20.7 Å². The second-order valence-corrected chi connectivity index (χ2v) is 5.93.